The van der Waals surface area contributed by atoms with Gasteiger partial charge in [-0.25, -0.2) is 0 Å². The second-order valence-corrected chi connectivity index (χ2v) is 5.70. The second kappa shape index (κ2) is 7.97. The number of nitriles is 1. The Morgan fingerprint density at radius 2 is 1.92 bits per heavy atom. The van der Waals surface area contributed by atoms with Crippen molar-refractivity contribution in [2.45, 2.75) is 26.4 Å². The fourth-order valence-electron chi connectivity index (χ4n) is 2.15. The molecular formula is C18H19N3O3. The topological polar surface area (TPSA) is 95.1 Å². The lowest BCUT2D eigenvalue weighted by molar-refractivity contribution is -0.124. The van der Waals surface area contributed by atoms with E-state index < -0.39 is 11.9 Å². The molecular weight excluding hydrogens is 306 g/mol. The number of hydrogen-bond donors (Lipinski definition) is 2. The van der Waals surface area contributed by atoms with Gasteiger partial charge in [-0.3, -0.25) is 9.59 Å². The van der Waals surface area contributed by atoms with Crippen LogP contribution in [0, 0.1) is 17.2 Å². The molecule has 1 atom stereocenters. The van der Waals surface area contributed by atoms with Crippen molar-refractivity contribution in [2.24, 2.45) is 5.92 Å². The summed E-state index contributed by atoms with van der Waals surface area (Å²) in [6, 6.07) is 11.5. The van der Waals surface area contributed by atoms with Gasteiger partial charge in [0, 0.05) is 6.54 Å². The first-order chi connectivity index (χ1) is 11.5. The summed E-state index contributed by atoms with van der Waals surface area (Å²) in [6.45, 7) is 4.03. The van der Waals surface area contributed by atoms with E-state index in [-0.39, 0.29) is 17.6 Å². The minimum atomic E-state index is -0.666. The van der Waals surface area contributed by atoms with Crippen molar-refractivity contribution in [3.8, 4) is 6.07 Å². The zero-order chi connectivity index (χ0) is 17.5. The van der Waals surface area contributed by atoms with Gasteiger partial charge in [0.1, 0.15) is 6.04 Å². The molecule has 0 saturated carbocycles. The number of hydrogen-bond acceptors (Lipinski definition) is 4. The van der Waals surface area contributed by atoms with Crippen molar-refractivity contribution < 1.29 is 14.0 Å². The minimum absolute atomic E-state index is 0.0788. The number of carbonyl (C=O) groups excluding carboxylic acids is 2. The van der Waals surface area contributed by atoms with E-state index in [0.717, 1.165) is 5.56 Å². The van der Waals surface area contributed by atoms with Gasteiger partial charge in [-0.1, -0.05) is 26.0 Å². The van der Waals surface area contributed by atoms with E-state index in [1.165, 1.54) is 6.26 Å². The summed E-state index contributed by atoms with van der Waals surface area (Å²) in [5.74, 6) is -0.605. The van der Waals surface area contributed by atoms with Gasteiger partial charge in [0.15, 0.2) is 5.76 Å². The number of nitrogens with zero attached hydrogens (tertiary/aromatic N) is 1. The molecule has 1 aromatic heterocycles. The highest BCUT2D eigenvalue weighted by Gasteiger charge is 2.25. The molecule has 0 bridgehead atoms. The van der Waals surface area contributed by atoms with Gasteiger partial charge in [0.05, 0.1) is 17.9 Å². The molecule has 2 amide bonds. The Kier molecular flexibility index (Phi) is 5.74. The smallest absolute Gasteiger partial charge is 0.287 e. The molecule has 2 aromatic rings. The average Bonchev–Trinajstić information content (AvgIpc) is 3.12. The predicted molar refractivity (Wildman–Crippen MR) is 87.8 cm³/mol. The summed E-state index contributed by atoms with van der Waals surface area (Å²) in [5, 5.41) is 14.3. The Morgan fingerprint density at radius 3 is 2.46 bits per heavy atom. The predicted octanol–water partition coefficient (Wildman–Crippen LogP) is 2.22. The summed E-state index contributed by atoms with van der Waals surface area (Å²) < 4.78 is 5.04. The molecule has 6 heteroatoms. The van der Waals surface area contributed by atoms with Gasteiger partial charge in [0.2, 0.25) is 5.91 Å². The zero-order valence-corrected chi connectivity index (χ0v) is 13.6. The van der Waals surface area contributed by atoms with Crippen LogP contribution in [0.3, 0.4) is 0 Å². The van der Waals surface area contributed by atoms with Crippen molar-refractivity contribution >= 4 is 11.8 Å². The largest absolute Gasteiger partial charge is 0.459 e. The first kappa shape index (κ1) is 17.3. The summed E-state index contributed by atoms with van der Waals surface area (Å²) in [7, 11) is 0. The zero-order valence-electron chi connectivity index (χ0n) is 13.6. The third kappa shape index (κ3) is 4.46. The summed E-state index contributed by atoms with van der Waals surface area (Å²) in [6.07, 6.45) is 1.41. The van der Waals surface area contributed by atoms with Crippen LogP contribution in [0.4, 0.5) is 0 Å². The number of nitrogens with one attached hydrogen (secondary N) is 2. The van der Waals surface area contributed by atoms with Crippen molar-refractivity contribution in [1.29, 1.82) is 5.26 Å². The monoisotopic (exact) mass is 325 g/mol. The van der Waals surface area contributed by atoms with E-state index in [1.807, 2.05) is 19.9 Å². The molecule has 2 N–H and O–H groups in total. The molecule has 1 unspecified atom stereocenters. The molecule has 1 aromatic carbocycles. The van der Waals surface area contributed by atoms with E-state index >= 15 is 0 Å². The first-order valence-corrected chi connectivity index (χ1v) is 7.62. The molecule has 0 aliphatic rings. The standard InChI is InChI=1S/C18H19N3O3/c1-12(2)16(21-17(22)15-4-3-9-24-15)18(23)20-11-14-7-5-13(10-19)6-8-14/h3-9,12,16H,11H2,1-2H3,(H,20,23)(H,21,22). The SMILES string of the molecule is CC(C)C(NC(=O)c1ccco1)C(=O)NCc1ccc(C#N)cc1. The van der Waals surface area contributed by atoms with Gasteiger partial charge in [-0.15, -0.1) is 0 Å². The molecule has 1 heterocycles. The third-order valence-electron chi connectivity index (χ3n) is 3.53. The van der Waals surface area contributed by atoms with Crippen molar-refractivity contribution in [3.63, 3.8) is 0 Å². The van der Waals surface area contributed by atoms with E-state index in [9.17, 15) is 9.59 Å². The van der Waals surface area contributed by atoms with Crippen LogP contribution in [0.25, 0.3) is 0 Å². The molecule has 0 fully saturated rings. The highest BCUT2D eigenvalue weighted by atomic mass is 16.3. The minimum Gasteiger partial charge on any atom is -0.459 e. The summed E-state index contributed by atoms with van der Waals surface area (Å²) >= 11 is 0. The first-order valence-electron chi connectivity index (χ1n) is 7.62. The van der Waals surface area contributed by atoms with Crippen LogP contribution in [0.5, 0.6) is 0 Å². The van der Waals surface area contributed by atoms with Crippen LogP contribution in [0.2, 0.25) is 0 Å². The van der Waals surface area contributed by atoms with Crippen LogP contribution in [0.15, 0.2) is 47.1 Å². The molecule has 0 spiro atoms. The van der Waals surface area contributed by atoms with E-state index in [4.69, 9.17) is 9.68 Å². The maximum atomic E-state index is 12.4. The number of benzene rings is 1. The lowest BCUT2D eigenvalue weighted by Gasteiger charge is -2.21. The number of amides is 2. The van der Waals surface area contributed by atoms with Crippen LogP contribution >= 0.6 is 0 Å². The molecule has 24 heavy (non-hydrogen) atoms. The average molecular weight is 325 g/mol. The lowest BCUT2D eigenvalue weighted by Crippen LogP contribution is -2.49. The molecule has 2 rings (SSSR count). The number of furan rings is 1. The Balaban J connectivity index is 1.95. The molecule has 0 aliphatic carbocycles. The van der Waals surface area contributed by atoms with E-state index in [0.29, 0.717) is 12.1 Å². The highest BCUT2D eigenvalue weighted by molar-refractivity contribution is 5.95. The number of rotatable bonds is 6. The molecule has 0 saturated heterocycles. The van der Waals surface area contributed by atoms with Gasteiger partial charge in [-0.2, -0.15) is 5.26 Å². The lowest BCUT2D eigenvalue weighted by atomic mass is 10.0. The maximum Gasteiger partial charge on any atom is 0.287 e. The summed E-state index contributed by atoms with van der Waals surface area (Å²) in [4.78, 5) is 24.4. The van der Waals surface area contributed by atoms with Crippen LogP contribution in [0.1, 0.15) is 35.5 Å². The van der Waals surface area contributed by atoms with Crippen molar-refractivity contribution in [1.82, 2.24) is 10.6 Å². The Bertz CT molecular complexity index is 728. The Hall–Kier alpha value is -3.07. The molecule has 124 valence electrons. The molecule has 0 radical (unpaired) electrons. The van der Waals surface area contributed by atoms with E-state index in [2.05, 4.69) is 10.6 Å². The van der Waals surface area contributed by atoms with Gasteiger partial charge < -0.3 is 15.1 Å². The van der Waals surface area contributed by atoms with Crippen LogP contribution in [-0.2, 0) is 11.3 Å². The fraction of sp³-hybridized carbons (Fsp3) is 0.278. The molecule has 0 aliphatic heterocycles. The second-order valence-electron chi connectivity index (χ2n) is 5.70. The third-order valence-corrected chi connectivity index (χ3v) is 3.53. The number of carbonyl (C=O) groups is 2. The highest BCUT2D eigenvalue weighted by Crippen LogP contribution is 2.07. The van der Waals surface area contributed by atoms with Gasteiger partial charge >= 0.3 is 0 Å². The Labute approximate surface area is 140 Å². The van der Waals surface area contributed by atoms with Gasteiger partial charge in [0.25, 0.3) is 5.91 Å². The van der Waals surface area contributed by atoms with Gasteiger partial charge in [-0.05, 0) is 35.7 Å². The maximum absolute atomic E-state index is 12.4. The molecule has 6 nitrogen and oxygen atoms in total. The van der Waals surface area contributed by atoms with Crippen molar-refractivity contribution in [3.05, 3.63) is 59.5 Å². The fourth-order valence-corrected chi connectivity index (χ4v) is 2.15. The normalized spacial score (nSPS) is 11.6. The van der Waals surface area contributed by atoms with Crippen LogP contribution in [-0.4, -0.2) is 17.9 Å². The van der Waals surface area contributed by atoms with Crippen molar-refractivity contribution in [2.75, 3.05) is 0 Å². The summed E-state index contributed by atoms with van der Waals surface area (Å²) in [5.41, 5.74) is 1.44. The van der Waals surface area contributed by atoms with Crippen LogP contribution < -0.4 is 10.6 Å². The quantitative estimate of drug-likeness (QED) is 0.851. The van der Waals surface area contributed by atoms with E-state index in [1.54, 1.807) is 36.4 Å². The Morgan fingerprint density at radius 1 is 1.21 bits per heavy atom.